The van der Waals surface area contributed by atoms with Gasteiger partial charge in [0.1, 0.15) is 5.01 Å². The molecule has 0 atom stereocenters. The third kappa shape index (κ3) is 4.57. The molecule has 3 aromatic rings. The van der Waals surface area contributed by atoms with E-state index in [1.165, 1.54) is 0 Å². The van der Waals surface area contributed by atoms with Crippen molar-refractivity contribution in [2.45, 2.75) is 6.42 Å². The summed E-state index contributed by atoms with van der Waals surface area (Å²) in [5.41, 5.74) is 2.88. The molecule has 2 amide bonds. The van der Waals surface area contributed by atoms with E-state index in [0.29, 0.717) is 11.6 Å². The fourth-order valence-corrected chi connectivity index (χ4v) is 3.11. The quantitative estimate of drug-likeness (QED) is 0.687. The number of rotatable bonds is 5. The molecule has 0 aliphatic carbocycles. The Bertz CT molecular complexity index is 803. The summed E-state index contributed by atoms with van der Waals surface area (Å²) >= 11 is 7.53. The van der Waals surface area contributed by atoms with E-state index in [2.05, 4.69) is 15.6 Å². The second kappa shape index (κ2) is 7.95. The van der Waals surface area contributed by atoms with Crippen LogP contribution in [0.1, 0.15) is 5.56 Å². The van der Waals surface area contributed by atoms with E-state index in [9.17, 15) is 4.79 Å². The van der Waals surface area contributed by atoms with Crippen LogP contribution in [-0.4, -0.2) is 17.6 Å². The van der Waals surface area contributed by atoms with Crippen LogP contribution in [-0.2, 0) is 6.42 Å². The minimum Gasteiger partial charge on any atom is -0.338 e. The van der Waals surface area contributed by atoms with Crippen molar-refractivity contribution in [1.29, 1.82) is 0 Å². The average Bonchev–Trinajstić information content (AvgIpc) is 3.10. The number of nitrogens with zero attached hydrogens (tertiary/aromatic N) is 1. The van der Waals surface area contributed by atoms with E-state index in [-0.39, 0.29) is 6.03 Å². The van der Waals surface area contributed by atoms with E-state index in [1.807, 2.05) is 53.9 Å². The van der Waals surface area contributed by atoms with Crippen LogP contribution in [0.3, 0.4) is 0 Å². The van der Waals surface area contributed by atoms with E-state index in [0.717, 1.165) is 28.2 Å². The first-order chi connectivity index (χ1) is 11.7. The molecule has 3 rings (SSSR count). The normalized spacial score (nSPS) is 10.4. The van der Waals surface area contributed by atoms with Crippen LogP contribution in [0.5, 0.6) is 0 Å². The third-order valence-corrected chi connectivity index (χ3v) is 4.47. The predicted molar refractivity (Wildman–Crippen MR) is 99.7 cm³/mol. The molecular formula is C18H16ClN3OS. The molecule has 122 valence electrons. The van der Waals surface area contributed by atoms with Gasteiger partial charge in [0.15, 0.2) is 0 Å². The predicted octanol–water partition coefficient (Wildman–Crippen LogP) is 4.83. The van der Waals surface area contributed by atoms with Gasteiger partial charge in [-0.1, -0.05) is 23.7 Å². The molecule has 0 bridgehead atoms. The number of benzene rings is 2. The number of urea groups is 1. The van der Waals surface area contributed by atoms with Crippen molar-refractivity contribution >= 4 is 34.7 Å². The second-order valence-corrected chi connectivity index (χ2v) is 6.51. The Kier molecular flexibility index (Phi) is 5.46. The van der Waals surface area contributed by atoms with Crippen LogP contribution in [0, 0.1) is 0 Å². The molecule has 0 unspecified atom stereocenters. The minimum absolute atomic E-state index is 0.223. The van der Waals surface area contributed by atoms with Crippen LogP contribution in [0.15, 0.2) is 60.1 Å². The zero-order valence-electron chi connectivity index (χ0n) is 12.8. The van der Waals surface area contributed by atoms with Gasteiger partial charge in [0, 0.05) is 34.4 Å². The molecule has 0 saturated carbocycles. The Labute approximate surface area is 149 Å². The van der Waals surface area contributed by atoms with Gasteiger partial charge < -0.3 is 10.6 Å². The molecule has 0 aliphatic heterocycles. The zero-order valence-corrected chi connectivity index (χ0v) is 14.4. The Hall–Kier alpha value is -2.37. The number of carbonyl (C=O) groups is 1. The molecule has 1 aromatic heterocycles. The standard InChI is InChI=1S/C18H16ClN3OS/c19-15-3-1-2-13(12-15)8-9-21-18(23)22-16-6-4-14(5-7-16)17-20-10-11-24-17/h1-7,10-12H,8-9H2,(H2,21,22,23). The first-order valence-electron chi connectivity index (χ1n) is 7.50. The van der Waals surface area contributed by atoms with Crippen LogP contribution >= 0.6 is 22.9 Å². The number of aromatic nitrogens is 1. The highest BCUT2D eigenvalue weighted by Crippen LogP contribution is 2.23. The highest BCUT2D eigenvalue weighted by molar-refractivity contribution is 7.13. The number of halogens is 1. The molecule has 6 heteroatoms. The van der Waals surface area contributed by atoms with Crippen molar-refractivity contribution in [2.24, 2.45) is 0 Å². The van der Waals surface area contributed by atoms with Gasteiger partial charge in [0.05, 0.1) is 0 Å². The number of anilines is 1. The number of thiazole rings is 1. The molecule has 0 radical (unpaired) electrons. The second-order valence-electron chi connectivity index (χ2n) is 5.18. The molecule has 0 saturated heterocycles. The monoisotopic (exact) mass is 357 g/mol. The van der Waals surface area contributed by atoms with Gasteiger partial charge in [0.25, 0.3) is 0 Å². The lowest BCUT2D eigenvalue weighted by Crippen LogP contribution is -2.30. The Balaban J connectivity index is 1.48. The summed E-state index contributed by atoms with van der Waals surface area (Å²) in [7, 11) is 0. The van der Waals surface area contributed by atoms with E-state index < -0.39 is 0 Å². The Morgan fingerprint density at radius 1 is 1.17 bits per heavy atom. The largest absolute Gasteiger partial charge is 0.338 e. The average molecular weight is 358 g/mol. The van der Waals surface area contributed by atoms with Crippen molar-refractivity contribution in [3.63, 3.8) is 0 Å². The van der Waals surface area contributed by atoms with Crippen molar-refractivity contribution in [1.82, 2.24) is 10.3 Å². The summed E-state index contributed by atoms with van der Waals surface area (Å²) in [4.78, 5) is 16.2. The number of hydrogen-bond acceptors (Lipinski definition) is 3. The van der Waals surface area contributed by atoms with Gasteiger partial charge in [-0.25, -0.2) is 9.78 Å². The number of nitrogens with one attached hydrogen (secondary N) is 2. The van der Waals surface area contributed by atoms with Crippen LogP contribution in [0.25, 0.3) is 10.6 Å². The van der Waals surface area contributed by atoms with Gasteiger partial charge in [-0.3, -0.25) is 0 Å². The summed E-state index contributed by atoms with van der Waals surface area (Å²) in [6, 6.07) is 15.0. The fraction of sp³-hybridized carbons (Fsp3) is 0.111. The maximum absolute atomic E-state index is 11.9. The van der Waals surface area contributed by atoms with Crippen molar-refractivity contribution in [3.8, 4) is 10.6 Å². The lowest BCUT2D eigenvalue weighted by Gasteiger charge is -2.08. The number of amides is 2. The smallest absolute Gasteiger partial charge is 0.319 e. The van der Waals surface area contributed by atoms with E-state index in [1.54, 1.807) is 17.5 Å². The Morgan fingerprint density at radius 2 is 2.00 bits per heavy atom. The summed E-state index contributed by atoms with van der Waals surface area (Å²) < 4.78 is 0. The maximum Gasteiger partial charge on any atom is 0.319 e. The molecule has 0 aliphatic rings. The van der Waals surface area contributed by atoms with Gasteiger partial charge in [-0.2, -0.15) is 0 Å². The first-order valence-corrected chi connectivity index (χ1v) is 8.76. The van der Waals surface area contributed by atoms with Gasteiger partial charge in [0.2, 0.25) is 0 Å². The zero-order chi connectivity index (χ0) is 16.8. The highest BCUT2D eigenvalue weighted by atomic mass is 35.5. The van der Waals surface area contributed by atoms with Crippen molar-refractivity contribution in [2.75, 3.05) is 11.9 Å². The summed E-state index contributed by atoms with van der Waals surface area (Å²) in [5, 5.41) is 9.27. The van der Waals surface area contributed by atoms with Crippen LogP contribution in [0.4, 0.5) is 10.5 Å². The van der Waals surface area contributed by atoms with E-state index >= 15 is 0 Å². The minimum atomic E-state index is -0.223. The molecule has 1 heterocycles. The van der Waals surface area contributed by atoms with Crippen LogP contribution in [0.2, 0.25) is 5.02 Å². The maximum atomic E-state index is 11.9. The lowest BCUT2D eigenvalue weighted by molar-refractivity contribution is 0.252. The lowest BCUT2D eigenvalue weighted by atomic mass is 10.1. The van der Waals surface area contributed by atoms with Crippen LogP contribution < -0.4 is 10.6 Å². The first kappa shape index (κ1) is 16.5. The van der Waals surface area contributed by atoms with Crippen molar-refractivity contribution in [3.05, 3.63) is 70.7 Å². The molecule has 2 N–H and O–H groups in total. The number of hydrogen-bond donors (Lipinski definition) is 2. The Morgan fingerprint density at radius 3 is 2.71 bits per heavy atom. The van der Waals surface area contributed by atoms with Crippen molar-refractivity contribution < 1.29 is 4.79 Å². The topological polar surface area (TPSA) is 54.0 Å². The molecule has 4 nitrogen and oxygen atoms in total. The summed E-state index contributed by atoms with van der Waals surface area (Å²) in [6.07, 6.45) is 2.51. The van der Waals surface area contributed by atoms with Gasteiger partial charge in [-0.05, 0) is 48.4 Å². The molecule has 0 spiro atoms. The fourth-order valence-electron chi connectivity index (χ4n) is 2.25. The molecular weight excluding hydrogens is 342 g/mol. The van der Waals surface area contributed by atoms with Gasteiger partial charge in [-0.15, -0.1) is 11.3 Å². The third-order valence-electron chi connectivity index (χ3n) is 3.41. The highest BCUT2D eigenvalue weighted by Gasteiger charge is 2.04. The van der Waals surface area contributed by atoms with Gasteiger partial charge >= 0.3 is 6.03 Å². The summed E-state index contributed by atoms with van der Waals surface area (Å²) in [6.45, 7) is 0.545. The summed E-state index contributed by atoms with van der Waals surface area (Å²) in [5.74, 6) is 0. The number of carbonyl (C=O) groups excluding carboxylic acids is 1. The van der Waals surface area contributed by atoms with E-state index in [4.69, 9.17) is 11.6 Å². The molecule has 2 aromatic carbocycles. The molecule has 0 fully saturated rings. The SMILES string of the molecule is O=C(NCCc1cccc(Cl)c1)Nc1ccc(-c2nccs2)cc1. The molecule has 24 heavy (non-hydrogen) atoms.